The lowest BCUT2D eigenvalue weighted by Crippen LogP contribution is -2.37. The van der Waals surface area contributed by atoms with Gasteiger partial charge in [-0.05, 0) is 54.7 Å². The number of amides is 2. The van der Waals surface area contributed by atoms with E-state index in [1.165, 1.54) is 5.56 Å². The van der Waals surface area contributed by atoms with Crippen molar-refractivity contribution in [1.29, 1.82) is 0 Å². The lowest BCUT2D eigenvalue weighted by molar-refractivity contribution is -0.132. The third-order valence-electron chi connectivity index (χ3n) is 4.80. The summed E-state index contributed by atoms with van der Waals surface area (Å²) in [5.74, 6) is -0.888. The van der Waals surface area contributed by atoms with Crippen molar-refractivity contribution in [2.24, 2.45) is 5.92 Å². The van der Waals surface area contributed by atoms with Gasteiger partial charge in [0, 0.05) is 23.8 Å². The molecule has 1 fully saturated rings. The second-order valence-electron chi connectivity index (χ2n) is 6.52. The van der Waals surface area contributed by atoms with Crippen molar-refractivity contribution in [3.8, 4) is 0 Å². The molecule has 136 valence electrons. The minimum Gasteiger partial charge on any atom is -0.355 e. The molecule has 0 saturated carbocycles. The molecule has 2 aromatic rings. The molecule has 3 rings (SSSR count). The fourth-order valence-corrected chi connectivity index (χ4v) is 3.32. The van der Waals surface area contributed by atoms with Gasteiger partial charge in [0.1, 0.15) is 5.92 Å². The fourth-order valence-electron chi connectivity index (χ4n) is 3.20. The molecule has 0 bridgehead atoms. The van der Waals surface area contributed by atoms with Crippen molar-refractivity contribution in [1.82, 2.24) is 5.32 Å². The monoisotopic (exact) mass is 370 g/mol. The first-order valence-electron chi connectivity index (χ1n) is 9.01. The number of halogens is 1. The maximum Gasteiger partial charge on any atom is 0.239 e. The molecular weight excluding hydrogens is 348 g/mol. The minimum atomic E-state index is -0.592. The first-order valence-corrected chi connectivity index (χ1v) is 9.38. The second-order valence-corrected chi connectivity index (χ2v) is 6.96. The van der Waals surface area contributed by atoms with Gasteiger partial charge in [0.05, 0.1) is 0 Å². The topological polar surface area (TPSA) is 49.4 Å². The molecule has 1 aliphatic heterocycles. The van der Waals surface area contributed by atoms with Crippen LogP contribution in [0.5, 0.6) is 0 Å². The summed E-state index contributed by atoms with van der Waals surface area (Å²) >= 11 is 5.87. The van der Waals surface area contributed by atoms with Crippen molar-refractivity contribution in [2.75, 3.05) is 18.0 Å². The number of benzene rings is 2. The summed E-state index contributed by atoms with van der Waals surface area (Å²) in [6, 6.07) is 15.5. The summed E-state index contributed by atoms with van der Waals surface area (Å²) in [6.45, 7) is 3.19. The van der Waals surface area contributed by atoms with Gasteiger partial charge in [-0.2, -0.15) is 0 Å². The molecule has 0 aliphatic carbocycles. The third kappa shape index (κ3) is 4.25. The van der Waals surface area contributed by atoms with Crippen LogP contribution in [-0.2, 0) is 22.4 Å². The maximum atomic E-state index is 12.6. The molecule has 1 aliphatic rings. The molecule has 26 heavy (non-hydrogen) atoms. The van der Waals surface area contributed by atoms with E-state index in [1.807, 2.05) is 48.5 Å². The zero-order chi connectivity index (χ0) is 18.5. The van der Waals surface area contributed by atoms with Crippen LogP contribution in [0.3, 0.4) is 0 Å². The molecule has 0 aromatic heterocycles. The van der Waals surface area contributed by atoms with Crippen LogP contribution in [0.2, 0.25) is 5.02 Å². The number of aryl methyl sites for hydroxylation is 1. The summed E-state index contributed by atoms with van der Waals surface area (Å²) in [5, 5.41) is 3.58. The van der Waals surface area contributed by atoms with Gasteiger partial charge in [0.25, 0.3) is 0 Å². The Morgan fingerprint density at radius 1 is 1.12 bits per heavy atom. The molecule has 0 spiro atoms. The van der Waals surface area contributed by atoms with E-state index < -0.39 is 5.92 Å². The molecule has 1 N–H and O–H groups in total. The average molecular weight is 371 g/mol. The highest BCUT2D eigenvalue weighted by molar-refractivity contribution is 6.30. The molecule has 1 heterocycles. The molecule has 5 heteroatoms. The summed E-state index contributed by atoms with van der Waals surface area (Å²) < 4.78 is 0. The largest absolute Gasteiger partial charge is 0.355 e. The summed E-state index contributed by atoms with van der Waals surface area (Å²) in [5.41, 5.74) is 3.20. The third-order valence-corrected chi connectivity index (χ3v) is 5.06. The lowest BCUT2D eigenvalue weighted by atomic mass is 10.1. The van der Waals surface area contributed by atoms with Crippen LogP contribution in [0.25, 0.3) is 0 Å². The van der Waals surface area contributed by atoms with Crippen LogP contribution < -0.4 is 10.2 Å². The Balaban J connectivity index is 1.53. The first-order chi connectivity index (χ1) is 12.6. The molecule has 2 aromatic carbocycles. The molecule has 0 radical (unpaired) electrons. The van der Waals surface area contributed by atoms with E-state index in [9.17, 15) is 9.59 Å². The number of rotatable bonds is 6. The Hall–Kier alpha value is -2.33. The number of carbonyl (C=O) groups excluding carboxylic acids is 2. The number of anilines is 1. The van der Waals surface area contributed by atoms with E-state index in [4.69, 9.17) is 11.6 Å². The van der Waals surface area contributed by atoms with Gasteiger partial charge >= 0.3 is 0 Å². The van der Waals surface area contributed by atoms with Gasteiger partial charge in [-0.3, -0.25) is 9.59 Å². The quantitative estimate of drug-likeness (QED) is 0.789. The van der Waals surface area contributed by atoms with Crippen LogP contribution in [0.4, 0.5) is 5.69 Å². The molecule has 1 saturated heterocycles. The van der Waals surface area contributed by atoms with E-state index >= 15 is 0 Å². The fraction of sp³-hybridized carbons (Fsp3) is 0.333. The van der Waals surface area contributed by atoms with Crippen LogP contribution >= 0.6 is 11.6 Å². The van der Waals surface area contributed by atoms with E-state index in [2.05, 4.69) is 12.2 Å². The van der Waals surface area contributed by atoms with Gasteiger partial charge in [0.15, 0.2) is 0 Å². The minimum absolute atomic E-state index is 0.113. The lowest BCUT2D eigenvalue weighted by Gasteiger charge is -2.17. The molecule has 4 nitrogen and oxygen atoms in total. The molecule has 1 unspecified atom stereocenters. The Morgan fingerprint density at radius 3 is 2.42 bits per heavy atom. The number of nitrogens with one attached hydrogen (secondary N) is 1. The van der Waals surface area contributed by atoms with Crippen molar-refractivity contribution >= 4 is 29.1 Å². The van der Waals surface area contributed by atoms with Gasteiger partial charge in [-0.25, -0.2) is 0 Å². The number of hydrogen-bond donors (Lipinski definition) is 1. The number of hydrogen-bond acceptors (Lipinski definition) is 2. The summed E-state index contributed by atoms with van der Waals surface area (Å²) in [4.78, 5) is 26.7. The molecule has 2 amide bonds. The predicted octanol–water partition coefficient (Wildman–Crippen LogP) is 3.61. The highest BCUT2D eigenvalue weighted by atomic mass is 35.5. The number of carbonyl (C=O) groups is 2. The first kappa shape index (κ1) is 18.5. The van der Waals surface area contributed by atoms with E-state index in [-0.39, 0.29) is 11.8 Å². The highest BCUT2D eigenvalue weighted by Gasteiger charge is 2.37. The van der Waals surface area contributed by atoms with Gasteiger partial charge < -0.3 is 10.2 Å². The summed E-state index contributed by atoms with van der Waals surface area (Å²) in [6.07, 6.45) is 2.24. The van der Waals surface area contributed by atoms with Crippen LogP contribution in [0, 0.1) is 5.92 Å². The van der Waals surface area contributed by atoms with E-state index in [1.54, 1.807) is 4.90 Å². The Bertz CT molecular complexity index is 772. The Morgan fingerprint density at radius 2 is 1.77 bits per heavy atom. The van der Waals surface area contributed by atoms with Crippen molar-refractivity contribution in [2.45, 2.75) is 26.2 Å². The maximum absolute atomic E-state index is 12.6. The normalized spacial score (nSPS) is 16.8. The smallest absolute Gasteiger partial charge is 0.239 e. The summed E-state index contributed by atoms with van der Waals surface area (Å²) in [7, 11) is 0. The molecule has 1 atom stereocenters. The number of nitrogens with zero attached hydrogens (tertiary/aromatic N) is 1. The van der Waals surface area contributed by atoms with Gasteiger partial charge in [-0.15, -0.1) is 0 Å². The van der Waals surface area contributed by atoms with Crippen molar-refractivity contribution < 1.29 is 9.59 Å². The zero-order valence-corrected chi connectivity index (χ0v) is 15.6. The SMILES string of the molecule is CCc1ccc(N2CCC(C(=O)NCCc3ccc(Cl)cc3)C2=O)cc1. The van der Waals surface area contributed by atoms with Crippen molar-refractivity contribution in [3.63, 3.8) is 0 Å². The Kier molecular flexibility index (Phi) is 5.94. The predicted molar refractivity (Wildman–Crippen MR) is 104 cm³/mol. The second kappa shape index (κ2) is 8.37. The molecular formula is C21H23ClN2O2. The van der Waals surface area contributed by atoms with Crippen LogP contribution in [0.1, 0.15) is 24.5 Å². The van der Waals surface area contributed by atoms with Gasteiger partial charge in [-0.1, -0.05) is 42.8 Å². The van der Waals surface area contributed by atoms with Crippen LogP contribution in [0.15, 0.2) is 48.5 Å². The van der Waals surface area contributed by atoms with E-state index in [0.29, 0.717) is 31.0 Å². The van der Waals surface area contributed by atoms with Crippen LogP contribution in [-0.4, -0.2) is 24.9 Å². The standard InChI is InChI=1S/C21H23ClN2O2/c1-2-15-5-9-18(10-6-15)24-14-12-19(21(24)26)20(25)23-13-11-16-3-7-17(22)8-4-16/h3-10,19H,2,11-14H2,1H3,(H,23,25). The average Bonchev–Trinajstić information content (AvgIpc) is 3.05. The zero-order valence-electron chi connectivity index (χ0n) is 14.9. The Labute approximate surface area is 159 Å². The van der Waals surface area contributed by atoms with Gasteiger partial charge in [0.2, 0.25) is 11.8 Å². The van der Waals surface area contributed by atoms with Crippen molar-refractivity contribution in [3.05, 3.63) is 64.7 Å². The van der Waals surface area contributed by atoms with E-state index in [0.717, 1.165) is 17.7 Å². The highest BCUT2D eigenvalue weighted by Crippen LogP contribution is 2.25.